The maximum Gasteiger partial charge on any atom is 0.143 e. The SMILES string of the molecule is CC1(C)c2ccccc2-c2ccc(N(c3ccccc3)c3ccc(-c4ccc5c(c4)oc4c6ccccc6c(-c6ccc7ccccc7c6)cc54)cc3)cc21. The van der Waals surface area contributed by atoms with E-state index in [0.717, 1.165) is 55.5 Å². The molecule has 0 fully saturated rings. The number of rotatable bonds is 5. The molecule has 2 nitrogen and oxygen atoms in total. The quantitative estimate of drug-likeness (QED) is 0.177. The van der Waals surface area contributed by atoms with Gasteiger partial charge in [-0.1, -0.05) is 141 Å². The number of anilines is 3. The second-order valence-corrected chi connectivity index (χ2v) is 15.3. The first kappa shape index (κ1) is 31.6. The second-order valence-electron chi connectivity index (χ2n) is 15.3. The van der Waals surface area contributed by atoms with Crippen LogP contribution in [0.5, 0.6) is 0 Å². The van der Waals surface area contributed by atoms with Gasteiger partial charge in [-0.3, -0.25) is 0 Å². The molecule has 1 aromatic heterocycles. The van der Waals surface area contributed by atoms with Crippen molar-refractivity contribution >= 4 is 60.5 Å². The van der Waals surface area contributed by atoms with Crippen molar-refractivity contribution in [1.29, 1.82) is 0 Å². The fourth-order valence-corrected chi connectivity index (χ4v) is 9.03. The zero-order chi connectivity index (χ0) is 36.7. The van der Waals surface area contributed by atoms with Crippen LogP contribution in [0.2, 0.25) is 0 Å². The van der Waals surface area contributed by atoms with Gasteiger partial charge in [0.1, 0.15) is 11.2 Å². The van der Waals surface area contributed by atoms with Gasteiger partial charge in [-0.15, -0.1) is 0 Å². The molecule has 0 N–H and O–H groups in total. The molecule has 1 aliphatic carbocycles. The summed E-state index contributed by atoms with van der Waals surface area (Å²) in [5.74, 6) is 0. The molecule has 0 amide bonds. The molecule has 0 atom stereocenters. The maximum absolute atomic E-state index is 6.74. The van der Waals surface area contributed by atoms with Gasteiger partial charge in [0.05, 0.1) is 0 Å². The summed E-state index contributed by atoms with van der Waals surface area (Å²) in [5, 5.41) is 7.07. The van der Waals surface area contributed by atoms with Crippen LogP contribution in [0.25, 0.3) is 76.9 Å². The zero-order valence-corrected chi connectivity index (χ0v) is 30.8. The summed E-state index contributed by atoms with van der Waals surface area (Å²) in [6.45, 7) is 4.68. The van der Waals surface area contributed by atoms with Crippen LogP contribution >= 0.6 is 0 Å². The zero-order valence-electron chi connectivity index (χ0n) is 30.8. The summed E-state index contributed by atoms with van der Waals surface area (Å²) in [5.41, 5.74) is 15.2. The fraction of sp³-hybridized carbons (Fsp3) is 0.0566. The van der Waals surface area contributed by atoms with Crippen LogP contribution in [0.15, 0.2) is 192 Å². The van der Waals surface area contributed by atoms with Crippen LogP contribution in [-0.4, -0.2) is 0 Å². The third-order valence-corrected chi connectivity index (χ3v) is 11.8. The van der Waals surface area contributed by atoms with Gasteiger partial charge >= 0.3 is 0 Å². The van der Waals surface area contributed by atoms with Gasteiger partial charge in [-0.2, -0.15) is 0 Å². The molecule has 0 unspecified atom stereocenters. The highest BCUT2D eigenvalue weighted by Gasteiger charge is 2.35. The van der Waals surface area contributed by atoms with E-state index < -0.39 is 0 Å². The Morgan fingerprint density at radius 1 is 0.382 bits per heavy atom. The topological polar surface area (TPSA) is 16.4 Å². The Hall–Kier alpha value is -6.90. The van der Waals surface area contributed by atoms with Crippen molar-refractivity contribution in [3.05, 3.63) is 199 Å². The van der Waals surface area contributed by atoms with Crippen LogP contribution in [0.3, 0.4) is 0 Å². The van der Waals surface area contributed by atoms with E-state index in [1.165, 1.54) is 49.5 Å². The predicted octanol–water partition coefficient (Wildman–Crippen LogP) is 15.0. The molecule has 1 aliphatic rings. The molecule has 260 valence electrons. The number of para-hydroxylation sites is 1. The highest BCUT2D eigenvalue weighted by Crippen LogP contribution is 2.51. The highest BCUT2D eigenvalue weighted by atomic mass is 16.3. The standard InChI is InChI=1S/C53H37NO/c1-53(2)49-19-11-10-17-43(49)44-29-27-41(32-50(44)53)54(39-14-4-3-5-15-39)40-25-22-35(23-26-40)37-24-28-45-48-33-47(38-21-20-34-12-6-7-13-36(34)30-38)42-16-8-9-18-46(42)52(48)55-51(45)31-37/h3-33H,1-2H3. The molecule has 2 heteroatoms. The van der Waals surface area contributed by atoms with E-state index in [1.807, 2.05) is 0 Å². The van der Waals surface area contributed by atoms with Crippen molar-refractivity contribution in [3.63, 3.8) is 0 Å². The van der Waals surface area contributed by atoms with Crippen molar-refractivity contribution in [1.82, 2.24) is 0 Å². The van der Waals surface area contributed by atoms with Gasteiger partial charge in [0.15, 0.2) is 0 Å². The molecule has 0 radical (unpaired) electrons. The largest absolute Gasteiger partial charge is 0.455 e. The van der Waals surface area contributed by atoms with Gasteiger partial charge in [0.2, 0.25) is 0 Å². The highest BCUT2D eigenvalue weighted by molar-refractivity contribution is 6.19. The first-order valence-electron chi connectivity index (χ1n) is 19.1. The summed E-state index contributed by atoms with van der Waals surface area (Å²) in [6, 6.07) is 68.3. The number of furan rings is 1. The molecular weight excluding hydrogens is 667 g/mol. The minimum Gasteiger partial charge on any atom is -0.455 e. The summed E-state index contributed by atoms with van der Waals surface area (Å²) in [7, 11) is 0. The molecule has 0 aliphatic heterocycles. The van der Waals surface area contributed by atoms with E-state index in [-0.39, 0.29) is 5.41 Å². The number of hydrogen-bond donors (Lipinski definition) is 0. The van der Waals surface area contributed by atoms with Crippen LogP contribution in [-0.2, 0) is 5.41 Å². The first-order chi connectivity index (χ1) is 27.0. The fourth-order valence-electron chi connectivity index (χ4n) is 9.03. The third-order valence-electron chi connectivity index (χ3n) is 11.8. The number of benzene rings is 9. The summed E-state index contributed by atoms with van der Waals surface area (Å²) < 4.78 is 6.74. The molecule has 10 aromatic rings. The molecule has 9 aromatic carbocycles. The second kappa shape index (κ2) is 12.1. The van der Waals surface area contributed by atoms with E-state index in [0.29, 0.717) is 0 Å². The molecule has 0 bridgehead atoms. The minimum atomic E-state index is -0.0757. The molecule has 55 heavy (non-hydrogen) atoms. The van der Waals surface area contributed by atoms with Crippen LogP contribution < -0.4 is 4.90 Å². The number of nitrogens with zero attached hydrogens (tertiary/aromatic N) is 1. The molecule has 0 saturated heterocycles. The smallest absolute Gasteiger partial charge is 0.143 e. The summed E-state index contributed by atoms with van der Waals surface area (Å²) in [4.78, 5) is 2.36. The van der Waals surface area contributed by atoms with Crippen LogP contribution in [0.4, 0.5) is 17.1 Å². The third kappa shape index (κ3) is 4.95. The van der Waals surface area contributed by atoms with Crippen molar-refractivity contribution in [3.8, 4) is 33.4 Å². The lowest BCUT2D eigenvalue weighted by Gasteiger charge is -2.28. The van der Waals surface area contributed by atoms with Gasteiger partial charge in [-0.25, -0.2) is 0 Å². The predicted molar refractivity (Wildman–Crippen MR) is 232 cm³/mol. The lowest BCUT2D eigenvalue weighted by molar-refractivity contribution is 0.660. The Kier molecular flexibility index (Phi) is 6.93. The van der Waals surface area contributed by atoms with E-state index in [2.05, 4.69) is 207 Å². The van der Waals surface area contributed by atoms with E-state index in [4.69, 9.17) is 4.42 Å². The first-order valence-corrected chi connectivity index (χ1v) is 19.1. The molecular formula is C53H37NO. The Morgan fingerprint density at radius 2 is 1.04 bits per heavy atom. The minimum absolute atomic E-state index is 0.0757. The van der Waals surface area contributed by atoms with Gasteiger partial charge < -0.3 is 9.32 Å². The van der Waals surface area contributed by atoms with E-state index in [9.17, 15) is 0 Å². The lowest BCUT2D eigenvalue weighted by atomic mass is 9.82. The van der Waals surface area contributed by atoms with Crippen molar-refractivity contribution in [2.45, 2.75) is 19.3 Å². The molecule has 1 heterocycles. The average Bonchev–Trinajstić information content (AvgIpc) is 3.72. The maximum atomic E-state index is 6.74. The normalized spacial score (nSPS) is 13.1. The average molecular weight is 704 g/mol. The Morgan fingerprint density at radius 3 is 1.89 bits per heavy atom. The van der Waals surface area contributed by atoms with Gasteiger partial charge in [0, 0.05) is 38.6 Å². The molecule has 11 rings (SSSR count). The Labute approximate surface area is 320 Å². The van der Waals surface area contributed by atoms with E-state index >= 15 is 0 Å². The van der Waals surface area contributed by atoms with Crippen molar-refractivity contribution in [2.24, 2.45) is 0 Å². The summed E-state index contributed by atoms with van der Waals surface area (Å²) in [6.07, 6.45) is 0. The molecule has 0 saturated carbocycles. The van der Waals surface area contributed by atoms with Gasteiger partial charge in [-0.05, 0) is 121 Å². The summed E-state index contributed by atoms with van der Waals surface area (Å²) >= 11 is 0. The Balaban J connectivity index is 0.986. The number of fused-ring (bicyclic) bond motifs is 9. The lowest BCUT2D eigenvalue weighted by Crippen LogP contribution is -2.16. The van der Waals surface area contributed by atoms with Crippen LogP contribution in [0.1, 0.15) is 25.0 Å². The number of hydrogen-bond acceptors (Lipinski definition) is 2. The van der Waals surface area contributed by atoms with Crippen LogP contribution in [0, 0.1) is 0 Å². The Bertz CT molecular complexity index is 3110. The van der Waals surface area contributed by atoms with Crippen molar-refractivity contribution < 1.29 is 4.42 Å². The van der Waals surface area contributed by atoms with Crippen molar-refractivity contribution in [2.75, 3.05) is 4.90 Å². The van der Waals surface area contributed by atoms with E-state index in [1.54, 1.807) is 0 Å². The van der Waals surface area contributed by atoms with Gasteiger partial charge in [0.25, 0.3) is 0 Å². The monoisotopic (exact) mass is 703 g/mol. The molecule has 0 spiro atoms.